The first-order valence-electron chi connectivity index (χ1n) is 12.7. The third kappa shape index (κ3) is 4.98. The van der Waals surface area contributed by atoms with E-state index in [2.05, 4.69) is 34.6 Å². The van der Waals surface area contributed by atoms with E-state index in [0.717, 1.165) is 29.9 Å². The minimum atomic E-state index is -0.523. The Morgan fingerprint density at radius 1 is 1.06 bits per heavy atom. The number of benzene rings is 2. The van der Waals surface area contributed by atoms with E-state index in [1.807, 2.05) is 18.2 Å². The maximum absolute atomic E-state index is 12.8. The Bertz CT molecular complexity index is 1220. The van der Waals surface area contributed by atoms with E-state index in [4.69, 9.17) is 0 Å². The van der Waals surface area contributed by atoms with Crippen molar-refractivity contribution in [2.24, 2.45) is 0 Å². The van der Waals surface area contributed by atoms with E-state index in [-0.39, 0.29) is 36.3 Å². The van der Waals surface area contributed by atoms with Gasteiger partial charge in [-0.05, 0) is 67.1 Å². The second-order valence-corrected chi connectivity index (χ2v) is 9.99. The molecule has 2 amide bonds. The van der Waals surface area contributed by atoms with E-state index in [1.165, 1.54) is 24.1 Å². The number of fused-ring (bicyclic) bond motifs is 1. The van der Waals surface area contributed by atoms with Gasteiger partial charge in [0.05, 0.1) is 19.0 Å². The standard InChI is InChI=1S/C28H32N4O4/c1-18-12-21(5-8-24(18)31-10-2-3-11-31)29-16-27(35)30-15-19-4-7-23-20(13-19)17-32(28(23)36)25-9-6-22(33)14-26(25)34/h4-5,7-8,12-13,25,29H,2-3,6,9-11,14-17H2,1H3,(H,30,35). The first-order valence-corrected chi connectivity index (χ1v) is 12.7. The minimum absolute atomic E-state index is 0.0536. The van der Waals surface area contributed by atoms with Gasteiger partial charge in [-0.15, -0.1) is 0 Å². The quantitative estimate of drug-likeness (QED) is 0.582. The number of hydrogen-bond donors (Lipinski definition) is 2. The van der Waals surface area contributed by atoms with Crippen molar-refractivity contribution in [3.8, 4) is 0 Å². The maximum Gasteiger partial charge on any atom is 0.255 e. The average Bonchev–Trinajstić information content (AvgIpc) is 3.50. The fourth-order valence-corrected chi connectivity index (χ4v) is 5.47. The van der Waals surface area contributed by atoms with Crippen molar-refractivity contribution in [3.63, 3.8) is 0 Å². The maximum atomic E-state index is 12.8. The highest BCUT2D eigenvalue weighted by Crippen LogP contribution is 2.30. The van der Waals surface area contributed by atoms with E-state index in [9.17, 15) is 19.2 Å². The lowest BCUT2D eigenvalue weighted by Crippen LogP contribution is -2.44. The van der Waals surface area contributed by atoms with Crippen LogP contribution in [0.3, 0.4) is 0 Å². The molecule has 2 aliphatic heterocycles. The van der Waals surface area contributed by atoms with Gasteiger partial charge in [-0.2, -0.15) is 0 Å². The lowest BCUT2D eigenvalue weighted by molar-refractivity contribution is -0.133. The topological polar surface area (TPSA) is 98.8 Å². The van der Waals surface area contributed by atoms with Crippen molar-refractivity contribution in [1.82, 2.24) is 10.2 Å². The third-order valence-corrected chi connectivity index (χ3v) is 7.40. The summed E-state index contributed by atoms with van der Waals surface area (Å²) < 4.78 is 0. The van der Waals surface area contributed by atoms with Crippen LogP contribution in [0.15, 0.2) is 36.4 Å². The lowest BCUT2D eigenvalue weighted by atomic mass is 9.92. The third-order valence-electron chi connectivity index (χ3n) is 7.40. The zero-order valence-electron chi connectivity index (χ0n) is 20.6. The van der Waals surface area contributed by atoms with Crippen LogP contribution < -0.4 is 15.5 Å². The summed E-state index contributed by atoms with van der Waals surface area (Å²) in [4.78, 5) is 53.2. The highest BCUT2D eigenvalue weighted by molar-refractivity contribution is 6.07. The molecule has 2 N–H and O–H groups in total. The van der Waals surface area contributed by atoms with E-state index in [1.54, 1.807) is 11.0 Å². The molecule has 1 saturated heterocycles. The Labute approximate surface area is 211 Å². The highest BCUT2D eigenvalue weighted by atomic mass is 16.2. The molecule has 2 aromatic rings. The number of nitrogens with one attached hydrogen (secondary N) is 2. The number of rotatable bonds is 7. The van der Waals surface area contributed by atoms with Gasteiger partial charge in [-0.3, -0.25) is 19.2 Å². The fraction of sp³-hybridized carbons (Fsp3) is 0.429. The second kappa shape index (κ2) is 10.1. The first-order chi connectivity index (χ1) is 17.4. The molecule has 8 nitrogen and oxygen atoms in total. The van der Waals surface area contributed by atoms with E-state index < -0.39 is 6.04 Å². The van der Waals surface area contributed by atoms with Gasteiger partial charge >= 0.3 is 0 Å². The number of ketones is 2. The smallest absolute Gasteiger partial charge is 0.255 e. The van der Waals surface area contributed by atoms with E-state index in [0.29, 0.717) is 31.5 Å². The van der Waals surface area contributed by atoms with Gasteiger partial charge in [0, 0.05) is 49.5 Å². The SMILES string of the molecule is Cc1cc(NCC(=O)NCc2ccc3c(c2)CN(C2CCC(=O)CC2=O)C3=O)ccc1N1CCCC1. The second-order valence-electron chi connectivity index (χ2n) is 9.99. The van der Waals surface area contributed by atoms with Gasteiger partial charge < -0.3 is 20.4 Å². The molecule has 8 heteroatoms. The van der Waals surface area contributed by atoms with Gasteiger partial charge in [0.2, 0.25) is 5.91 Å². The number of aryl methyl sites for hydroxylation is 1. The Kier molecular flexibility index (Phi) is 6.76. The number of hydrogen-bond acceptors (Lipinski definition) is 6. The molecule has 36 heavy (non-hydrogen) atoms. The summed E-state index contributed by atoms with van der Waals surface area (Å²) in [7, 11) is 0. The molecule has 2 aromatic carbocycles. The van der Waals surface area contributed by atoms with Gasteiger partial charge in [0.25, 0.3) is 5.91 Å². The molecule has 1 atom stereocenters. The van der Waals surface area contributed by atoms with E-state index >= 15 is 0 Å². The predicted octanol–water partition coefficient (Wildman–Crippen LogP) is 2.97. The van der Waals surface area contributed by atoms with Gasteiger partial charge in [-0.25, -0.2) is 0 Å². The molecule has 5 rings (SSSR count). The summed E-state index contributed by atoms with van der Waals surface area (Å²) in [6.07, 6.45) is 3.12. The Hall–Kier alpha value is -3.68. The zero-order chi connectivity index (χ0) is 25.2. The van der Waals surface area contributed by atoms with Crippen LogP contribution in [0.2, 0.25) is 0 Å². The number of Topliss-reactive ketones (excluding diaryl/α,β-unsaturated/α-hetero) is 2. The molecule has 1 unspecified atom stereocenters. The zero-order valence-corrected chi connectivity index (χ0v) is 20.6. The first kappa shape index (κ1) is 24.0. The fourth-order valence-electron chi connectivity index (χ4n) is 5.47. The van der Waals surface area contributed by atoms with Crippen molar-refractivity contribution in [2.75, 3.05) is 29.9 Å². The summed E-state index contributed by atoms with van der Waals surface area (Å²) >= 11 is 0. The molecule has 3 aliphatic rings. The average molecular weight is 489 g/mol. The Balaban J connectivity index is 1.13. The van der Waals surface area contributed by atoms with Crippen LogP contribution in [0, 0.1) is 6.92 Å². The van der Waals surface area contributed by atoms with Crippen molar-refractivity contribution in [3.05, 3.63) is 58.7 Å². The van der Waals surface area contributed by atoms with Crippen LogP contribution in [0.25, 0.3) is 0 Å². The van der Waals surface area contributed by atoms with Crippen molar-refractivity contribution >= 4 is 34.8 Å². The summed E-state index contributed by atoms with van der Waals surface area (Å²) in [6, 6.07) is 11.2. The van der Waals surface area contributed by atoms with Gasteiger partial charge in [0.15, 0.2) is 5.78 Å². The summed E-state index contributed by atoms with van der Waals surface area (Å²) in [5.74, 6) is -0.508. The number of carbonyl (C=O) groups excluding carboxylic acids is 4. The Morgan fingerprint density at radius 2 is 1.86 bits per heavy atom. The van der Waals surface area contributed by atoms with Crippen LogP contribution in [-0.2, 0) is 27.5 Å². The number of carbonyl (C=O) groups is 4. The molecule has 0 radical (unpaired) electrons. The van der Waals surface area contributed by atoms with Crippen molar-refractivity contribution in [1.29, 1.82) is 0 Å². The van der Waals surface area contributed by atoms with Crippen LogP contribution >= 0.6 is 0 Å². The summed E-state index contributed by atoms with van der Waals surface area (Å²) in [5.41, 5.74) is 5.71. The number of nitrogens with zero attached hydrogens (tertiary/aromatic N) is 2. The molecule has 1 aliphatic carbocycles. The molecule has 0 bridgehead atoms. The van der Waals surface area contributed by atoms with Gasteiger partial charge in [-0.1, -0.05) is 12.1 Å². The molecule has 1 saturated carbocycles. The number of amides is 2. The molecule has 2 fully saturated rings. The molecular weight excluding hydrogens is 456 g/mol. The summed E-state index contributed by atoms with van der Waals surface area (Å²) in [6.45, 7) is 5.18. The van der Waals surface area contributed by atoms with Crippen molar-refractivity contribution < 1.29 is 19.2 Å². The van der Waals surface area contributed by atoms with Crippen LogP contribution in [0.1, 0.15) is 59.2 Å². The van der Waals surface area contributed by atoms with Crippen LogP contribution in [-0.4, -0.2) is 54.0 Å². The monoisotopic (exact) mass is 488 g/mol. The molecule has 2 heterocycles. The van der Waals surface area contributed by atoms with Crippen LogP contribution in [0.4, 0.5) is 11.4 Å². The van der Waals surface area contributed by atoms with Gasteiger partial charge in [0.1, 0.15) is 5.78 Å². The van der Waals surface area contributed by atoms with Crippen molar-refractivity contribution in [2.45, 2.75) is 58.2 Å². The number of anilines is 2. The summed E-state index contributed by atoms with van der Waals surface area (Å²) in [5, 5.41) is 6.13. The predicted molar refractivity (Wildman–Crippen MR) is 137 cm³/mol. The Morgan fingerprint density at radius 3 is 2.61 bits per heavy atom. The normalized spacial score (nSPS) is 19.6. The molecule has 0 spiro atoms. The molecule has 188 valence electrons. The molecule has 0 aromatic heterocycles. The largest absolute Gasteiger partial charge is 0.376 e. The lowest BCUT2D eigenvalue weighted by Gasteiger charge is -2.29. The minimum Gasteiger partial charge on any atom is -0.376 e. The van der Waals surface area contributed by atoms with Crippen LogP contribution in [0.5, 0.6) is 0 Å². The highest BCUT2D eigenvalue weighted by Gasteiger charge is 2.38. The molecular formula is C28H32N4O4.